The second-order valence-electron chi connectivity index (χ2n) is 8.01. The van der Waals surface area contributed by atoms with Gasteiger partial charge < -0.3 is 9.47 Å². The number of aryl methyl sites for hydroxylation is 1. The molecule has 0 N–H and O–H groups in total. The minimum absolute atomic E-state index is 0.0477. The van der Waals surface area contributed by atoms with Crippen molar-refractivity contribution in [2.75, 3.05) is 6.61 Å². The molecule has 4 rings (SSSR count). The van der Waals surface area contributed by atoms with Crippen LogP contribution >= 0.6 is 22.7 Å². The summed E-state index contributed by atoms with van der Waals surface area (Å²) < 4.78 is 13.3. The summed E-state index contributed by atoms with van der Waals surface area (Å²) in [5.74, 6) is 0.266. The molecule has 0 fully saturated rings. The van der Waals surface area contributed by atoms with Crippen LogP contribution < -0.4 is 19.6 Å². The third-order valence-electron chi connectivity index (χ3n) is 5.25. The smallest absolute Gasteiger partial charge is 0.338 e. The number of esters is 1. The molecule has 0 aliphatic carbocycles. The highest BCUT2D eigenvalue weighted by molar-refractivity contribution is 7.11. The number of hydrogen-bond donors (Lipinski definition) is 0. The third-order valence-corrected chi connectivity index (χ3v) is 7.20. The molecule has 0 saturated heterocycles. The van der Waals surface area contributed by atoms with Gasteiger partial charge in [-0.05, 0) is 75.4 Å². The topological polar surface area (TPSA) is 69.9 Å². The zero-order chi connectivity index (χ0) is 23.7. The number of allylic oxidation sites excluding steroid dienone is 1. The van der Waals surface area contributed by atoms with Crippen molar-refractivity contribution in [2.45, 2.75) is 46.8 Å². The molecule has 1 atom stereocenters. The highest BCUT2D eigenvalue weighted by Gasteiger charge is 2.33. The van der Waals surface area contributed by atoms with Gasteiger partial charge in [-0.15, -0.1) is 11.3 Å². The van der Waals surface area contributed by atoms with Crippen LogP contribution in [0.1, 0.15) is 49.7 Å². The Kier molecular flexibility index (Phi) is 6.67. The molecule has 0 amide bonds. The zero-order valence-electron chi connectivity index (χ0n) is 19.2. The van der Waals surface area contributed by atoms with Gasteiger partial charge in [0.15, 0.2) is 4.80 Å². The number of thiazole rings is 1. The molecule has 0 unspecified atom stereocenters. The second-order valence-corrected chi connectivity index (χ2v) is 9.96. The van der Waals surface area contributed by atoms with Gasteiger partial charge in [0, 0.05) is 4.88 Å². The number of carbonyl (C=O) groups is 1. The Bertz CT molecular complexity index is 1390. The highest BCUT2D eigenvalue weighted by atomic mass is 32.1. The Morgan fingerprint density at radius 1 is 1.21 bits per heavy atom. The molecule has 172 valence electrons. The van der Waals surface area contributed by atoms with Gasteiger partial charge in [-0.3, -0.25) is 9.36 Å². The Labute approximate surface area is 200 Å². The van der Waals surface area contributed by atoms with E-state index in [9.17, 15) is 9.59 Å². The molecule has 2 aromatic heterocycles. The number of thiophene rings is 1. The molecular formula is C25H26N2O4S2. The first-order valence-electron chi connectivity index (χ1n) is 10.8. The highest BCUT2D eigenvalue weighted by Crippen LogP contribution is 2.31. The number of carbonyl (C=O) groups excluding carboxylic acids is 1. The molecule has 3 aromatic rings. The van der Waals surface area contributed by atoms with E-state index in [4.69, 9.17) is 9.47 Å². The number of benzene rings is 1. The van der Waals surface area contributed by atoms with Crippen molar-refractivity contribution in [1.29, 1.82) is 0 Å². The van der Waals surface area contributed by atoms with E-state index in [-0.39, 0.29) is 18.3 Å². The van der Waals surface area contributed by atoms with Crippen molar-refractivity contribution in [3.8, 4) is 5.75 Å². The van der Waals surface area contributed by atoms with Gasteiger partial charge in [-0.25, -0.2) is 9.79 Å². The minimum Gasteiger partial charge on any atom is -0.491 e. The number of aromatic nitrogens is 1. The molecule has 6 nitrogen and oxygen atoms in total. The fourth-order valence-corrected chi connectivity index (χ4v) is 5.72. The normalized spacial score (nSPS) is 16.1. The summed E-state index contributed by atoms with van der Waals surface area (Å²) in [5.41, 5.74) is 2.67. The summed E-state index contributed by atoms with van der Waals surface area (Å²) in [4.78, 5) is 32.7. The summed E-state index contributed by atoms with van der Waals surface area (Å²) in [6.45, 7) is 9.74. The summed E-state index contributed by atoms with van der Waals surface area (Å²) >= 11 is 2.92. The van der Waals surface area contributed by atoms with Crippen LogP contribution in [0.15, 0.2) is 56.8 Å². The van der Waals surface area contributed by atoms with Gasteiger partial charge in [-0.2, -0.15) is 0 Å². The Morgan fingerprint density at radius 2 is 1.94 bits per heavy atom. The minimum atomic E-state index is -0.625. The molecule has 1 aliphatic heterocycles. The van der Waals surface area contributed by atoms with E-state index in [1.807, 2.05) is 62.6 Å². The fraction of sp³-hybridized carbons (Fsp3) is 0.320. The van der Waals surface area contributed by atoms with E-state index < -0.39 is 12.0 Å². The lowest BCUT2D eigenvalue weighted by Gasteiger charge is -2.25. The number of nitrogens with zero attached hydrogens (tertiary/aromatic N) is 2. The number of ether oxygens (including phenoxy) is 2. The summed E-state index contributed by atoms with van der Waals surface area (Å²) in [7, 11) is 0. The predicted octanol–water partition coefficient (Wildman–Crippen LogP) is 3.96. The molecule has 0 radical (unpaired) electrons. The Balaban J connectivity index is 1.90. The molecular weight excluding hydrogens is 456 g/mol. The van der Waals surface area contributed by atoms with Crippen molar-refractivity contribution in [3.63, 3.8) is 0 Å². The van der Waals surface area contributed by atoms with Crippen LogP contribution in [0.3, 0.4) is 0 Å². The predicted molar refractivity (Wildman–Crippen MR) is 132 cm³/mol. The lowest BCUT2D eigenvalue weighted by Crippen LogP contribution is -2.39. The van der Waals surface area contributed by atoms with Gasteiger partial charge in [0.1, 0.15) is 5.75 Å². The van der Waals surface area contributed by atoms with Crippen LogP contribution in [0.4, 0.5) is 0 Å². The first-order valence-corrected chi connectivity index (χ1v) is 12.5. The van der Waals surface area contributed by atoms with E-state index in [2.05, 4.69) is 4.99 Å². The SMILES string of the molecule is CCOC(=O)C1=C(C)N=c2s/c(=C\c3sccc3C)c(=O)n2[C@@H]1c1ccc(OC(C)C)cc1. The summed E-state index contributed by atoms with van der Waals surface area (Å²) in [6, 6.07) is 8.90. The number of rotatable bonds is 6. The summed E-state index contributed by atoms with van der Waals surface area (Å²) in [5, 5.41) is 2.00. The van der Waals surface area contributed by atoms with Crippen LogP contribution in [-0.2, 0) is 9.53 Å². The van der Waals surface area contributed by atoms with Crippen LogP contribution in [-0.4, -0.2) is 23.2 Å². The van der Waals surface area contributed by atoms with Crippen molar-refractivity contribution >= 4 is 34.7 Å². The maximum Gasteiger partial charge on any atom is 0.338 e. The van der Waals surface area contributed by atoms with Crippen LogP contribution in [0.2, 0.25) is 0 Å². The van der Waals surface area contributed by atoms with Gasteiger partial charge in [0.2, 0.25) is 0 Å². The summed E-state index contributed by atoms with van der Waals surface area (Å²) in [6.07, 6.45) is 1.95. The van der Waals surface area contributed by atoms with E-state index in [0.29, 0.717) is 20.6 Å². The van der Waals surface area contributed by atoms with Crippen molar-refractivity contribution < 1.29 is 14.3 Å². The van der Waals surface area contributed by atoms with E-state index in [0.717, 1.165) is 21.8 Å². The van der Waals surface area contributed by atoms with Gasteiger partial charge in [-0.1, -0.05) is 23.5 Å². The van der Waals surface area contributed by atoms with Gasteiger partial charge >= 0.3 is 5.97 Å². The van der Waals surface area contributed by atoms with Crippen LogP contribution in [0.25, 0.3) is 6.08 Å². The van der Waals surface area contributed by atoms with Gasteiger partial charge in [0.05, 0.1) is 34.6 Å². The number of hydrogen-bond acceptors (Lipinski definition) is 7. The maximum atomic E-state index is 13.6. The number of fused-ring (bicyclic) bond motifs is 1. The molecule has 0 bridgehead atoms. The first kappa shape index (κ1) is 23.2. The molecule has 0 saturated carbocycles. The first-order chi connectivity index (χ1) is 15.8. The van der Waals surface area contributed by atoms with Crippen molar-refractivity contribution in [3.05, 3.63) is 82.7 Å². The van der Waals surface area contributed by atoms with E-state index in [1.165, 1.54) is 11.3 Å². The molecule has 1 aromatic carbocycles. The quantitative estimate of drug-likeness (QED) is 0.499. The largest absolute Gasteiger partial charge is 0.491 e. The third kappa shape index (κ3) is 4.58. The lowest BCUT2D eigenvalue weighted by atomic mass is 9.96. The Morgan fingerprint density at radius 3 is 2.55 bits per heavy atom. The van der Waals surface area contributed by atoms with Crippen molar-refractivity contribution in [1.82, 2.24) is 4.57 Å². The molecule has 0 spiro atoms. The molecule has 33 heavy (non-hydrogen) atoms. The van der Waals surface area contributed by atoms with E-state index in [1.54, 1.807) is 29.8 Å². The zero-order valence-corrected chi connectivity index (χ0v) is 20.9. The average molecular weight is 483 g/mol. The van der Waals surface area contributed by atoms with E-state index >= 15 is 0 Å². The van der Waals surface area contributed by atoms with Crippen LogP contribution in [0.5, 0.6) is 5.75 Å². The molecule has 1 aliphatic rings. The van der Waals surface area contributed by atoms with Crippen molar-refractivity contribution in [2.24, 2.45) is 4.99 Å². The Hall–Kier alpha value is -2.97. The van der Waals surface area contributed by atoms with Crippen LogP contribution in [0, 0.1) is 6.92 Å². The maximum absolute atomic E-state index is 13.6. The fourth-order valence-electron chi connectivity index (χ4n) is 3.76. The lowest BCUT2D eigenvalue weighted by molar-refractivity contribution is -0.139. The average Bonchev–Trinajstić information content (AvgIpc) is 3.30. The monoisotopic (exact) mass is 482 g/mol. The second kappa shape index (κ2) is 9.49. The van der Waals surface area contributed by atoms with Gasteiger partial charge in [0.25, 0.3) is 5.56 Å². The molecule has 8 heteroatoms. The standard InChI is InChI=1S/C25H26N2O4S2/c1-6-30-24(29)21-16(5)26-25-27(22(21)17-7-9-18(10-8-17)31-14(2)3)23(28)20(33-25)13-19-15(4)11-12-32-19/h7-14,22H,6H2,1-5H3/b20-13-/t22-/m1/s1. The molecule has 3 heterocycles.